The van der Waals surface area contributed by atoms with Crippen molar-refractivity contribution < 1.29 is 59.4 Å². The number of benzene rings is 1. The first-order valence-electron chi connectivity index (χ1n) is 20.4. The van der Waals surface area contributed by atoms with Crippen molar-refractivity contribution in [3.05, 3.63) is 23.9 Å². The van der Waals surface area contributed by atoms with Crippen LogP contribution >= 0.6 is 0 Å². The molecule has 1 aromatic carbocycles. The smallest absolute Gasteiger partial charge is 0.408 e. The van der Waals surface area contributed by atoms with Crippen LogP contribution in [0.1, 0.15) is 105 Å². The summed E-state index contributed by atoms with van der Waals surface area (Å²) < 4.78 is 104. The first-order valence-corrected chi connectivity index (χ1v) is 21.9. The van der Waals surface area contributed by atoms with E-state index in [1.165, 1.54) is 26.2 Å². The van der Waals surface area contributed by atoms with Crippen LogP contribution in [0.2, 0.25) is 0 Å². The predicted molar refractivity (Wildman–Crippen MR) is 209 cm³/mol. The summed E-state index contributed by atoms with van der Waals surface area (Å²) in [5.41, 5.74) is -1.44. The number of ether oxygens (including phenoxy) is 3. The maximum absolute atomic E-state index is 16.3. The van der Waals surface area contributed by atoms with Crippen LogP contribution in [-0.2, 0) is 35.1 Å². The van der Waals surface area contributed by atoms with Gasteiger partial charge in [-0.3, -0.25) is 19.1 Å². The summed E-state index contributed by atoms with van der Waals surface area (Å²) in [6.45, 7) is 7.70. The number of nitrogens with one attached hydrogen (secondary N) is 3. The lowest BCUT2D eigenvalue weighted by Gasteiger charge is -2.36. The summed E-state index contributed by atoms with van der Waals surface area (Å²) in [5.74, 6) is -7.83. The maximum Gasteiger partial charge on any atom is 0.408 e. The maximum atomic E-state index is 16.3. The highest BCUT2D eigenvalue weighted by Crippen LogP contribution is 2.44. The summed E-state index contributed by atoms with van der Waals surface area (Å²) in [4.78, 5) is 66.0. The van der Waals surface area contributed by atoms with Gasteiger partial charge in [0, 0.05) is 24.8 Å². The lowest BCUT2D eigenvalue weighted by molar-refractivity contribution is -0.143. The van der Waals surface area contributed by atoms with Crippen molar-refractivity contribution in [3.8, 4) is 11.6 Å². The molecule has 7 unspecified atom stereocenters. The molecular formula is C40H54F4N6O9S. The molecule has 2 saturated carbocycles. The molecule has 2 aromatic rings. The van der Waals surface area contributed by atoms with Gasteiger partial charge in [-0.2, -0.15) is 8.78 Å². The van der Waals surface area contributed by atoms with E-state index in [9.17, 15) is 36.4 Å². The van der Waals surface area contributed by atoms with E-state index in [0.717, 1.165) is 4.90 Å². The van der Waals surface area contributed by atoms with Crippen LogP contribution in [0.4, 0.5) is 22.4 Å². The van der Waals surface area contributed by atoms with Crippen LogP contribution < -0.4 is 24.8 Å². The van der Waals surface area contributed by atoms with Gasteiger partial charge in [-0.25, -0.2) is 32.0 Å². The van der Waals surface area contributed by atoms with Gasteiger partial charge >= 0.3 is 6.09 Å². The van der Waals surface area contributed by atoms with Gasteiger partial charge in [0.15, 0.2) is 5.69 Å². The second kappa shape index (κ2) is 17.1. The minimum Gasteiger partial charge on any atom is -0.497 e. The first-order chi connectivity index (χ1) is 28.1. The van der Waals surface area contributed by atoms with Crippen molar-refractivity contribution in [1.82, 2.24) is 30.2 Å². The second-order valence-corrected chi connectivity index (χ2v) is 19.9. The third-order valence-corrected chi connectivity index (χ3v) is 14.2. The molecule has 6 rings (SSSR count). The van der Waals surface area contributed by atoms with Crippen LogP contribution in [0.3, 0.4) is 0 Å². The zero-order valence-corrected chi connectivity index (χ0v) is 35.4. The Bertz CT molecular complexity index is 2080. The number of rotatable bonds is 10. The van der Waals surface area contributed by atoms with Crippen LogP contribution in [0, 0.1) is 17.3 Å². The average Bonchev–Trinajstić information content (AvgIpc) is 4.08. The topological polar surface area (TPSA) is 195 Å². The molecule has 20 heteroatoms. The molecule has 2 aliphatic carbocycles. The van der Waals surface area contributed by atoms with Crippen molar-refractivity contribution in [3.63, 3.8) is 0 Å². The van der Waals surface area contributed by atoms with Crippen molar-refractivity contribution in [2.75, 3.05) is 13.7 Å². The summed E-state index contributed by atoms with van der Waals surface area (Å²) in [5, 5.41) is 5.09. The van der Waals surface area contributed by atoms with Gasteiger partial charge in [-0.05, 0) is 75.3 Å². The van der Waals surface area contributed by atoms with Gasteiger partial charge in [0.1, 0.15) is 36.1 Å². The molecule has 1 aromatic heterocycles. The van der Waals surface area contributed by atoms with Gasteiger partial charge in [0.25, 0.3) is 11.8 Å². The number of carbonyl (C=O) groups is 4. The normalized spacial score (nSPS) is 27.2. The van der Waals surface area contributed by atoms with Gasteiger partial charge in [0.05, 0.1) is 29.4 Å². The van der Waals surface area contributed by atoms with E-state index in [4.69, 9.17) is 14.2 Å². The molecule has 60 heavy (non-hydrogen) atoms. The standard InChI is InChI=1S/C40H54F4N6O9S/c1-7-23-28-20-50(30(23)34(52)46-25(13-14-29(41)42)33(51)49-60(55,56)39(5)16-17-39)36(53)32(38(2,3)4)48-37(54)59-27-18-21(27)10-8-9-15-40(43,44)31-35(58-28)47-26-19-22(57-6)11-12-24(26)45-31/h11-12,19,21,23,25,27-30,32H,7-10,13-18,20H2,1-6H3,(H,46,52)(H,48,54)(H,49,51). The van der Waals surface area contributed by atoms with Crippen molar-refractivity contribution >= 4 is 44.9 Å². The van der Waals surface area contributed by atoms with Gasteiger partial charge in [-0.15, -0.1) is 0 Å². The van der Waals surface area contributed by atoms with Crippen LogP contribution in [0.15, 0.2) is 18.2 Å². The highest BCUT2D eigenvalue weighted by atomic mass is 32.2. The number of alkyl carbamates (subject to hydrolysis) is 1. The molecule has 2 bridgehead atoms. The zero-order valence-electron chi connectivity index (χ0n) is 34.6. The largest absolute Gasteiger partial charge is 0.497 e. The Hall–Kier alpha value is -4.49. The Labute approximate surface area is 346 Å². The molecule has 4 amide bonds. The average molecular weight is 871 g/mol. The SMILES string of the molecule is CCC1C2CN(C(=O)C(C(C)(C)C)NC(=O)OC3CC3CCCCC(F)(F)c3nc4ccc(OC)cc4nc3O2)C1C(=O)NC(CCC(F)F)C(=O)NS(=O)(=O)C1(C)CC1. The van der Waals surface area contributed by atoms with Crippen molar-refractivity contribution in [1.29, 1.82) is 0 Å². The third kappa shape index (κ3) is 9.83. The second-order valence-electron chi connectivity index (χ2n) is 17.7. The molecule has 3 N–H and O–H groups in total. The Kier molecular flexibility index (Phi) is 12.8. The van der Waals surface area contributed by atoms with Gasteiger partial charge in [0.2, 0.25) is 34.1 Å². The molecule has 332 valence electrons. The first kappa shape index (κ1) is 45.0. The molecule has 15 nitrogen and oxygen atoms in total. The molecule has 1 saturated heterocycles. The van der Waals surface area contributed by atoms with E-state index in [1.807, 2.05) is 4.72 Å². The van der Waals surface area contributed by atoms with Gasteiger partial charge in [-0.1, -0.05) is 34.1 Å². The quantitative estimate of drug-likeness (QED) is 0.261. The molecule has 3 fully saturated rings. The Morgan fingerprint density at radius 2 is 1.77 bits per heavy atom. The van der Waals surface area contributed by atoms with Gasteiger partial charge < -0.3 is 29.7 Å². The fourth-order valence-electron chi connectivity index (χ4n) is 7.89. The number of aromatic nitrogens is 2. The molecule has 3 heterocycles. The van der Waals surface area contributed by atoms with E-state index < -0.39 is 130 Å². The molecule has 2 aliphatic heterocycles. The molecule has 4 aliphatic rings. The molecule has 7 atom stereocenters. The number of methoxy groups -OCH3 is 1. The number of amides is 4. The molecule has 0 spiro atoms. The third-order valence-electron chi connectivity index (χ3n) is 12.0. The van der Waals surface area contributed by atoms with E-state index >= 15 is 8.78 Å². The lowest BCUT2D eigenvalue weighted by atomic mass is 9.85. The zero-order chi connectivity index (χ0) is 43.9. The summed E-state index contributed by atoms with van der Waals surface area (Å²) >= 11 is 0. The molecule has 0 radical (unpaired) electrons. The predicted octanol–water partition coefficient (Wildman–Crippen LogP) is 5.35. The fourth-order valence-corrected chi connectivity index (χ4v) is 9.19. The minimum absolute atomic E-state index is 0.0588. The van der Waals surface area contributed by atoms with E-state index in [-0.39, 0.29) is 42.6 Å². The minimum atomic E-state index is -4.25. The number of hydrogen-bond donors (Lipinski definition) is 3. The van der Waals surface area contributed by atoms with Crippen molar-refractivity contribution in [2.45, 2.75) is 146 Å². The Morgan fingerprint density at radius 3 is 2.40 bits per heavy atom. The number of nitrogens with zero attached hydrogens (tertiary/aromatic N) is 3. The highest BCUT2D eigenvalue weighted by molar-refractivity contribution is 7.91. The number of halogens is 4. The number of hydrogen-bond acceptors (Lipinski definition) is 11. The fraction of sp³-hybridized carbons (Fsp3) is 0.700. The number of carbonyl (C=O) groups excluding carboxylic acids is 4. The van der Waals surface area contributed by atoms with E-state index in [0.29, 0.717) is 25.0 Å². The number of alkyl halides is 4. The van der Waals surface area contributed by atoms with Crippen molar-refractivity contribution in [2.24, 2.45) is 17.3 Å². The highest BCUT2D eigenvalue weighted by Gasteiger charge is 2.54. The number of sulfonamides is 1. The van der Waals surface area contributed by atoms with E-state index in [1.54, 1.807) is 33.8 Å². The van der Waals surface area contributed by atoms with Crippen LogP contribution in [-0.4, -0.2) is 102 Å². The summed E-state index contributed by atoms with van der Waals surface area (Å²) in [6.07, 6.45) is -5.49. The monoisotopic (exact) mass is 870 g/mol. The summed E-state index contributed by atoms with van der Waals surface area (Å²) in [7, 11) is -2.83. The van der Waals surface area contributed by atoms with Crippen LogP contribution in [0.25, 0.3) is 11.0 Å². The molecular weight excluding hydrogens is 817 g/mol. The Morgan fingerprint density at radius 1 is 1.05 bits per heavy atom. The summed E-state index contributed by atoms with van der Waals surface area (Å²) in [6, 6.07) is -0.108. The van der Waals surface area contributed by atoms with E-state index in [2.05, 4.69) is 20.6 Å². The number of fused-ring (bicyclic) bond motifs is 5. The Balaban J connectivity index is 1.42. The van der Waals surface area contributed by atoms with Crippen LogP contribution in [0.5, 0.6) is 11.6 Å². The lowest BCUT2D eigenvalue weighted by Crippen LogP contribution is -2.60.